The number of hydrogen-bond donors (Lipinski definition) is 1. The molecule has 1 saturated carbocycles. The van der Waals surface area contributed by atoms with Crippen LogP contribution in [0.2, 0.25) is 0 Å². The lowest BCUT2D eigenvalue weighted by atomic mass is 9.83. The molecule has 0 bridgehead atoms. The summed E-state index contributed by atoms with van der Waals surface area (Å²) in [7, 11) is 0. The highest BCUT2D eigenvalue weighted by molar-refractivity contribution is 5.44. The Balaban J connectivity index is 1.56. The van der Waals surface area contributed by atoms with Crippen LogP contribution < -0.4 is 5.32 Å². The molecule has 2 nitrogen and oxygen atoms in total. The van der Waals surface area contributed by atoms with Crippen LogP contribution in [-0.2, 0) is 4.74 Å². The molecule has 4 heteroatoms. The molecular formula is C16H21F2NO. The van der Waals surface area contributed by atoms with E-state index in [9.17, 15) is 8.78 Å². The van der Waals surface area contributed by atoms with E-state index in [0.29, 0.717) is 6.54 Å². The van der Waals surface area contributed by atoms with Gasteiger partial charge in [0.25, 0.3) is 0 Å². The molecule has 0 amide bonds. The van der Waals surface area contributed by atoms with E-state index < -0.39 is 11.6 Å². The minimum Gasteiger partial charge on any atom is -0.380 e. The third-order valence-electron chi connectivity index (χ3n) is 4.55. The average Bonchev–Trinajstić information content (AvgIpc) is 2.84. The van der Waals surface area contributed by atoms with Gasteiger partial charge in [0.05, 0.1) is 17.4 Å². The maximum Gasteiger partial charge on any atom is 0.146 e. The molecule has 20 heavy (non-hydrogen) atoms. The third kappa shape index (κ3) is 2.95. The summed E-state index contributed by atoms with van der Waals surface area (Å²) >= 11 is 0. The summed E-state index contributed by atoms with van der Waals surface area (Å²) in [5.74, 6) is -0.846. The molecule has 0 aromatic heterocycles. The molecule has 2 aliphatic rings. The van der Waals surface area contributed by atoms with Crippen LogP contribution in [0.15, 0.2) is 18.2 Å². The molecule has 1 unspecified atom stereocenters. The predicted molar refractivity (Wildman–Crippen MR) is 74.8 cm³/mol. The molecule has 1 aromatic rings. The van der Waals surface area contributed by atoms with E-state index in [1.165, 1.54) is 25.3 Å². The van der Waals surface area contributed by atoms with Crippen LogP contribution in [0, 0.1) is 11.6 Å². The maximum atomic E-state index is 13.5. The monoisotopic (exact) mass is 281 g/mol. The van der Waals surface area contributed by atoms with Gasteiger partial charge in [-0.25, -0.2) is 8.78 Å². The number of rotatable bonds is 3. The fourth-order valence-electron chi connectivity index (χ4n) is 3.46. The Kier molecular flexibility index (Phi) is 3.92. The van der Waals surface area contributed by atoms with Crippen molar-refractivity contribution in [3.05, 3.63) is 29.8 Å². The Morgan fingerprint density at radius 1 is 1.15 bits per heavy atom. The first-order valence-corrected chi connectivity index (χ1v) is 7.54. The van der Waals surface area contributed by atoms with E-state index in [1.807, 2.05) is 0 Å². The Labute approximate surface area is 118 Å². The summed E-state index contributed by atoms with van der Waals surface area (Å²) < 4.78 is 32.8. The van der Waals surface area contributed by atoms with Crippen molar-refractivity contribution in [1.82, 2.24) is 0 Å². The Bertz CT molecular complexity index is 472. The second-order valence-corrected chi connectivity index (χ2v) is 6.03. The molecule has 1 aliphatic carbocycles. The lowest BCUT2D eigenvalue weighted by Gasteiger charge is -2.33. The topological polar surface area (TPSA) is 21.3 Å². The van der Waals surface area contributed by atoms with Gasteiger partial charge in [0, 0.05) is 6.54 Å². The van der Waals surface area contributed by atoms with Gasteiger partial charge in [-0.1, -0.05) is 19.3 Å². The van der Waals surface area contributed by atoms with E-state index in [-0.39, 0.29) is 17.4 Å². The lowest BCUT2D eigenvalue weighted by Crippen LogP contribution is -2.33. The van der Waals surface area contributed by atoms with Crippen molar-refractivity contribution in [3.63, 3.8) is 0 Å². The van der Waals surface area contributed by atoms with Gasteiger partial charge in [0.2, 0.25) is 0 Å². The number of hydrogen-bond acceptors (Lipinski definition) is 2. The molecule has 1 aromatic carbocycles. The van der Waals surface area contributed by atoms with E-state index in [2.05, 4.69) is 5.32 Å². The highest BCUT2D eigenvalue weighted by atomic mass is 19.1. The molecule has 0 radical (unpaired) electrons. The quantitative estimate of drug-likeness (QED) is 0.894. The first-order chi connectivity index (χ1) is 9.67. The number of nitrogens with one attached hydrogen (secondary N) is 1. The second kappa shape index (κ2) is 5.68. The van der Waals surface area contributed by atoms with E-state index >= 15 is 0 Å². The van der Waals surface area contributed by atoms with Gasteiger partial charge in [-0.3, -0.25) is 0 Å². The average molecular weight is 281 g/mol. The standard InChI is InChI=1S/C16H21F2NO/c17-12-4-5-14(18)15(10-12)19-11-13-6-9-16(20-13)7-2-1-3-8-16/h4-5,10,13,19H,1-3,6-9,11H2. The van der Waals surface area contributed by atoms with Crippen LogP contribution >= 0.6 is 0 Å². The van der Waals surface area contributed by atoms with Gasteiger partial charge in [0.15, 0.2) is 0 Å². The van der Waals surface area contributed by atoms with Crippen LogP contribution in [0.1, 0.15) is 44.9 Å². The minimum atomic E-state index is -0.426. The van der Waals surface area contributed by atoms with Crippen molar-refractivity contribution in [1.29, 1.82) is 0 Å². The van der Waals surface area contributed by atoms with Gasteiger partial charge < -0.3 is 10.1 Å². The number of anilines is 1. The fourth-order valence-corrected chi connectivity index (χ4v) is 3.46. The zero-order valence-electron chi connectivity index (χ0n) is 11.6. The fraction of sp³-hybridized carbons (Fsp3) is 0.625. The molecule has 1 heterocycles. The van der Waals surface area contributed by atoms with Crippen LogP contribution in [0.3, 0.4) is 0 Å². The van der Waals surface area contributed by atoms with E-state index in [0.717, 1.165) is 37.8 Å². The summed E-state index contributed by atoms with van der Waals surface area (Å²) in [6.45, 7) is 0.544. The van der Waals surface area contributed by atoms with Crippen molar-refractivity contribution in [2.75, 3.05) is 11.9 Å². The number of benzene rings is 1. The number of halogens is 2. The van der Waals surface area contributed by atoms with Gasteiger partial charge in [-0.2, -0.15) is 0 Å². The molecule has 110 valence electrons. The van der Waals surface area contributed by atoms with Crippen LogP contribution in [0.5, 0.6) is 0 Å². The molecular weight excluding hydrogens is 260 g/mol. The largest absolute Gasteiger partial charge is 0.380 e. The zero-order chi connectivity index (χ0) is 14.0. The van der Waals surface area contributed by atoms with E-state index in [1.54, 1.807) is 0 Å². The molecule has 1 spiro atoms. The maximum absolute atomic E-state index is 13.5. The third-order valence-corrected chi connectivity index (χ3v) is 4.55. The van der Waals surface area contributed by atoms with Gasteiger partial charge >= 0.3 is 0 Å². The summed E-state index contributed by atoms with van der Waals surface area (Å²) in [5.41, 5.74) is 0.295. The molecule has 1 saturated heterocycles. The van der Waals surface area contributed by atoms with Crippen LogP contribution in [-0.4, -0.2) is 18.2 Å². The van der Waals surface area contributed by atoms with Crippen molar-refractivity contribution in [2.24, 2.45) is 0 Å². The van der Waals surface area contributed by atoms with Crippen LogP contribution in [0.4, 0.5) is 14.5 Å². The summed E-state index contributed by atoms with van der Waals surface area (Å²) in [5, 5.41) is 2.98. The van der Waals surface area contributed by atoms with Crippen molar-refractivity contribution < 1.29 is 13.5 Å². The van der Waals surface area contributed by atoms with Gasteiger partial charge in [-0.05, 0) is 43.9 Å². The smallest absolute Gasteiger partial charge is 0.146 e. The summed E-state index contributed by atoms with van der Waals surface area (Å²) in [4.78, 5) is 0. The first-order valence-electron chi connectivity index (χ1n) is 7.54. The van der Waals surface area contributed by atoms with Gasteiger partial charge in [-0.15, -0.1) is 0 Å². The molecule has 3 rings (SSSR count). The highest BCUT2D eigenvalue weighted by Gasteiger charge is 2.40. The molecule has 1 atom stereocenters. The number of ether oxygens (including phenoxy) is 1. The molecule has 1 aliphatic heterocycles. The molecule has 1 N–H and O–H groups in total. The summed E-state index contributed by atoms with van der Waals surface area (Å²) in [6, 6.07) is 3.47. The van der Waals surface area contributed by atoms with Gasteiger partial charge in [0.1, 0.15) is 11.6 Å². The first kappa shape index (κ1) is 13.8. The Morgan fingerprint density at radius 2 is 1.95 bits per heavy atom. The summed E-state index contributed by atoms with van der Waals surface area (Å²) in [6.07, 6.45) is 8.32. The second-order valence-electron chi connectivity index (χ2n) is 6.03. The minimum absolute atomic E-state index is 0.0745. The Hall–Kier alpha value is -1.16. The van der Waals surface area contributed by atoms with Crippen LogP contribution in [0.25, 0.3) is 0 Å². The van der Waals surface area contributed by atoms with Crippen molar-refractivity contribution >= 4 is 5.69 Å². The predicted octanol–water partition coefficient (Wildman–Crippen LogP) is 4.26. The van der Waals surface area contributed by atoms with E-state index in [4.69, 9.17) is 4.74 Å². The lowest BCUT2D eigenvalue weighted by molar-refractivity contribution is -0.0588. The SMILES string of the molecule is Fc1ccc(F)c(NCC2CCC3(CCCCC3)O2)c1. The molecule has 2 fully saturated rings. The van der Waals surface area contributed by atoms with Crippen molar-refractivity contribution in [2.45, 2.75) is 56.7 Å². The normalized spacial score (nSPS) is 25.0. The highest BCUT2D eigenvalue weighted by Crippen LogP contribution is 2.41. The Morgan fingerprint density at radius 3 is 2.75 bits per heavy atom. The van der Waals surface area contributed by atoms with Crippen molar-refractivity contribution in [3.8, 4) is 0 Å². The zero-order valence-corrected chi connectivity index (χ0v) is 11.6.